The van der Waals surface area contributed by atoms with E-state index in [-0.39, 0.29) is 11.7 Å². The maximum absolute atomic E-state index is 11.7. The lowest BCUT2D eigenvalue weighted by atomic mass is 10.1. The van der Waals surface area contributed by atoms with E-state index in [0.29, 0.717) is 19.4 Å². The Balaban J connectivity index is 1.78. The molecule has 0 radical (unpaired) electrons. The number of nitrogens with one attached hydrogen (secondary N) is 1. The molecule has 2 aromatic carbocycles. The lowest BCUT2D eigenvalue weighted by Crippen LogP contribution is -2.22. The first-order chi connectivity index (χ1) is 9.25. The summed E-state index contributed by atoms with van der Waals surface area (Å²) in [6.45, 7) is 0.542. The Morgan fingerprint density at radius 1 is 1.00 bits per heavy atom. The third-order valence-electron chi connectivity index (χ3n) is 2.95. The van der Waals surface area contributed by atoms with E-state index in [1.807, 2.05) is 42.5 Å². The van der Waals surface area contributed by atoms with Crippen LogP contribution in [-0.4, -0.2) is 11.0 Å². The Morgan fingerprint density at radius 2 is 1.68 bits per heavy atom. The molecule has 0 atom stereocenters. The Morgan fingerprint density at radius 3 is 2.42 bits per heavy atom. The minimum absolute atomic E-state index is 0.00731. The summed E-state index contributed by atoms with van der Waals surface area (Å²) in [5.41, 5.74) is 1.88. The fourth-order valence-corrected chi connectivity index (χ4v) is 1.86. The number of hydrogen-bond acceptors (Lipinski definition) is 2. The zero-order valence-electron chi connectivity index (χ0n) is 10.7. The lowest BCUT2D eigenvalue weighted by molar-refractivity contribution is -0.121. The van der Waals surface area contributed by atoms with E-state index in [0.717, 1.165) is 11.1 Å². The number of aryl methyl sites for hydroxylation is 1. The minimum Gasteiger partial charge on any atom is -0.508 e. The van der Waals surface area contributed by atoms with Gasteiger partial charge in [-0.25, -0.2) is 0 Å². The van der Waals surface area contributed by atoms with Crippen molar-refractivity contribution in [3.05, 3.63) is 65.7 Å². The maximum atomic E-state index is 11.7. The largest absolute Gasteiger partial charge is 0.508 e. The summed E-state index contributed by atoms with van der Waals surface area (Å²) in [7, 11) is 0. The number of amides is 1. The number of aromatic hydroxyl groups is 1. The van der Waals surface area contributed by atoms with E-state index < -0.39 is 0 Å². The molecule has 2 aromatic rings. The number of benzene rings is 2. The van der Waals surface area contributed by atoms with Crippen molar-refractivity contribution in [2.24, 2.45) is 0 Å². The Kier molecular flexibility index (Phi) is 4.56. The first kappa shape index (κ1) is 13.1. The molecular formula is C16H17NO2. The number of para-hydroxylation sites is 1. The summed E-state index contributed by atoms with van der Waals surface area (Å²) < 4.78 is 0. The summed E-state index contributed by atoms with van der Waals surface area (Å²) in [6, 6.07) is 16.9. The van der Waals surface area contributed by atoms with E-state index in [1.165, 1.54) is 0 Å². The van der Waals surface area contributed by atoms with Crippen LogP contribution in [0.4, 0.5) is 0 Å². The van der Waals surface area contributed by atoms with Gasteiger partial charge in [0.2, 0.25) is 5.91 Å². The van der Waals surface area contributed by atoms with Crippen LogP contribution >= 0.6 is 0 Å². The van der Waals surface area contributed by atoms with Crippen molar-refractivity contribution in [3.63, 3.8) is 0 Å². The Hall–Kier alpha value is -2.29. The summed E-state index contributed by atoms with van der Waals surface area (Å²) in [6.07, 6.45) is 0.928. The molecule has 0 aromatic heterocycles. The average molecular weight is 255 g/mol. The molecule has 0 heterocycles. The highest BCUT2D eigenvalue weighted by Gasteiger charge is 2.04. The number of carbonyl (C=O) groups is 1. The van der Waals surface area contributed by atoms with E-state index in [9.17, 15) is 9.90 Å². The van der Waals surface area contributed by atoms with Crippen LogP contribution in [0.1, 0.15) is 17.5 Å². The van der Waals surface area contributed by atoms with E-state index >= 15 is 0 Å². The van der Waals surface area contributed by atoms with Gasteiger partial charge in [-0.15, -0.1) is 0 Å². The Labute approximate surface area is 112 Å². The standard InChI is InChI=1S/C16H17NO2/c18-15-9-5-4-8-14(15)10-11-16(19)17-12-13-6-2-1-3-7-13/h1-9,18H,10-12H2,(H,17,19). The van der Waals surface area contributed by atoms with Crippen LogP contribution in [0.25, 0.3) is 0 Å². The van der Waals surface area contributed by atoms with E-state index in [2.05, 4.69) is 5.32 Å². The molecule has 2 rings (SSSR count). The molecule has 0 unspecified atom stereocenters. The molecule has 0 aliphatic carbocycles. The molecule has 19 heavy (non-hydrogen) atoms. The summed E-state index contributed by atoms with van der Waals surface area (Å²) in [5, 5.41) is 12.5. The van der Waals surface area contributed by atoms with Crippen molar-refractivity contribution in [2.75, 3.05) is 0 Å². The number of hydrogen-bond donors (Lipinski definition) is 2. The van der Waals surface area contributed by atoms with Crippen molar-refractivity contribution in [3.8, 4) is 5.75 Å². The van der Waals surface area contributed by atoms with Crippen LogP contribution in [0.2, 0.25) is 0 Å². The fourth-order valence-electron chi connectivity index (χ4n) is 1.86. The third-order valence-corrected chi connectivity index (χ3v) is 2.95. The molecule has 2 N–H and O–H groups in total. The van der Waals surface area contributed by atoms with Crippen molar-refractivity contribution in [1.29, 1.82) is 0 Å². The van der Waals surface area contributed by atoms with Gasteiger partial charge in [-0.3, -0.25) is 4.79 Å². The van der Waals surface area contributed by atoms with Crippen LogP contribution in [0, 0.1) is 0 Å². The van der Waals surface area contributed by atoms with Crippen LogP contribution in [0.3, 0.4) is 0 Å². The smallest absolute Gasteiger partial charge is 0.220 e. The highest BCUT2D eigenvalue weighted by Crippen LogP contribution is 2.17. The van der Waals surface area contributed by atoms with Gasteiger partial charge in [0.15, 0.2) is 0 Å². The highest BCUT2D eigenvalue weighted by molar-refractivity contribution is 5.76. The molecule has 0 saturated carbocycles. The van der Waals surface area contributed by atoms with Crippen molar-refractivity contribution < 1.29 is 9.90 Å². The van der Waals surface area contributed by atoms with Gasteiger partial charge < -0.3 is 10.4 Å². The SMILES string of the molecule is O=C(CCc1ccccc1O)NCc1ccccc1. The van der Waals surface area contributed by atoms with Crippen molar-refractivity contribution >= 4 is 5.91 Å². The molecule has 0 fully saturated rings. The molecule has 0 aliphatic rings. The average Bonchev–Trinajstić information content (AvgIpc) is 2.45. The highest BCUT2D eigenvalue weighted by atomic mass is 16.3. The van der Waals surface area contributed by atoms with Gasteiger partial charge in [-0.05, 0) is 23.6 Å². The zero-order chi connectivity index (χ0) is 13.5. The van der Waals surface area contributed by atoms with Crippen molar-refractivity contribution in [1.82, 2.24) is 5.32 Å². The van der Waals surface area contributed by atoms with Gasteiger partial charge in [0.1, 0.15) is 5.75 Å². The Bertz CT molecular complexity index is 537. The molecule has 0 spiro atoms. The van der Waals surface area contributed by atoms with E-state index in [4.69, 9.17) is 0 Å². The van der Waals surface area contributed by atoms with E-state index in [1.54, 1.807) is 12.1 Å². The second kappa shape index (κ2) is 6.59. The van der Waals surface area contributed by atoms with Gasteiger partial charge in [-0.2, -0.15) is 0 Å². The second-order valence-corrected chi connectivity index (χ2v) is 4.39. The first-order valence-electron chi connectivity index (χ1n) is 6.33. The predicted molar refractivity (Wildman–Crippen MR) is 74.7 cm³/mol. The van der Waals surface area contributed by atoms with Gasteiger partial charge in [0, 0.05) is 13.0 Å². The second-order valence-electron chi connectivity index (χ2n) is 4.39. The summed E-state index contributed by atoms with van der Waals surface area (Å²) in [5.74, 6) is 0.241. The molecule has 0 bridgehead atoms. The molecule has 3 heteroatoms. The molecular weight excluding hydrogens is 238 g/mol. The number of phenols is 1. The first-order valence-corrected chi connectivity index (χ1v) is 6.33. The maximum Gasteiger partial charge on any atom is 0.220 e. The van der Waals surface area contributed by atoms with Crippen LogP contribution in [0.15, 0.2) is 54.6 Å². The quantitative estimate of drug-likeness (QED) is 0.863. The van der Waals surface area contributed by atoms with Gasteiger partial charge in [0.25, 0.3) is 0 Å². The summed E-state index contributed by atoms with van der Waals surface area (Å²) >= 11 is 0. The fraction of sp³-hybridized carbons (Fsp3) is 0.188. The summed E-state index contributed by atoms with van der Waals surface area (Å²) in [4.78, 5) is 11.7. The van der Waals surface area contributed by atoms with Crippen LogP contribution < -0.4 is 5.32 Å². The van der Waals surface area contributed by atoms with Crippen LogP contribution in [0.5, 0.6) is 5.75 Å². The lowest BCUT2D eigenvalue weighted by Gasteiger charge is -2.06. The van der Waals surface area contributed by atoms with Gasteiger partial charge in [-0.1, -0.05) is 48.5 Å². The van der Waals surface area contributed by atoms with Crippen molar-refractivity contribution in [2.45, 2.75) is 19.4 Å². The predicted octanol–water partition coefficient (Wildman–Crippen LogP) is 2.64. The number of rotatable bonds is 5. The molecule has 3 nitrogen and oxygen atoms in total. The molecule has 98 valence electrons. The minimum atomic E-state index is -0.00731. The molecule has 0 saturated heterocycles. The monoisotopic (exact) mass is 255 g/mol. The topological polar surface area (TPSA) is 49.3 Å². The zero-order valence-corrected chi connectivity index (χ0v) is 10.7. The normalized spacial score (nSPS) is 10.1. The number of carbonyl (C=O) groups excluding carboxylic acids is 1. The molecule has 1 amide bonds. The van der Waals surface area contributed by atoms with Gasteiger partial charge in [0.05, 0.1) is 0 Å². The van der Waals surface area contributed by atoms with Gasteiger partial charge >= 0.3 is 0 Å². The number of phenolic OH excluding ortho intramolecular Hbond substituents is 1. The molecule has 0 aliphatic heterocycles. The van der Waals surface area contributed by atoms with Crippen LogP contribution in [-0.2, 0) is 17.8 Å². The third kappa shape index (κ3) is 4.14.